The van der Waals surface area contributed by atoms with Gasteiger partial charge in [0.1, 0.15) is 0 Å². The number of hydrogen-bond acceptors (Lipinski definition) is 2. The molecular weight excluding hydrogens is 144 g/mol. The highest BCUT2D eigenvalue weighted by atomic mass is 28.4. The molecule has 0 amide bonds. The van der Waals surface area contributed by atoms with E-state index in [0.717, 1.165) is 13.0 Å². The van der Waals surface area contributed by atoms with E-state index in [9.17, 15) is 0 Å². The third kappa shape index (κ3) is 1.02. The summed E-state index contributed by atoms with van der Waals surface area (Å²) in [7, 11) is -1.49. The molecule has 2 saturated heterocycles. The summed E-state index contributed by atoms with van der Waals surface area (Å²) in [6, 6.07) is 2.49. The van der Waals surface area contributed by atoms with Crippen LogP contribution in [0.3, 0.4) is 0 Å². The van der Waals surface area contributed by atoms with Gasteiger partial charge in [-0.1, -0.05) is 0 Å². The Hall–Kier alpha value is 0.137. The van der Waals surface area contributed by atoms with Crippen molar-refractivity contribution in [2.24, 2.45) is 0 Å². The Kier molecular flexibility index (Phi) is 1.59. The van der Waals surface area contributed by atoms with Crippen molar-refractivity contribution in [3.05, 3.63) is 0 Å². The molecule has 2 rings (SSSR count). The van der Waals surface area contributed by atoms with Crippen LogP contribution in [0.5, 0.6) is 0 Å². The average Bonchev–Trinajstić information content (AvgIpc) is 1.85. The minimum Gasteiger partial charge on any atom is -0.394 e. The molecule has 2 aliphatic rings. The molecule has 3 heteroatoms. The molecule has 0 bridgehead atoms. The quantitative estimate of drug-likeness (QED) is 0.499. The van der Waals surface area contributed by atoms with Crippen molar-refractivity contribution < 1.29 is 8.85 Å². The van der Waals surface area contributed by atoms with Crippen molar-refractivity contribution >= 4 is 8.56 Å². The van der Waals surface area contributed by atoms with E-state index < -0.39 is 8.56 Å². The SMILES string of the molecule is CC1CCO[Si]2(CCC2)O1. The summed E-state index contributed by atoms with van der Waals surface area (Å²) in [4.78, 5) is 0. The van der Waals surface area contributed by atoms with E-state index >= 15 is 0 Å². The van der Waals surface area contributed by atoms with Crippen LogP contribution in [-0.4, -0.2) is 21.3 Å². The fourth-order valence-corrected chi connectivity index (χ4v) is 4.46. The number of hydrogen-bond donors (Lipinski definition) is 0. The molecule has 1 spiro atoms. The second kappa shape index (κ2) is 2.32. The van der Waals surface area contributed by atoms with Crippen LogP contribution in [0.4, 0.5) is 0 Å². The van der Waals surface area contributed by atoms with Crippen LogP contribution >= 0.6 is 0 Å². The Morgan fingerprint density at radius 2 is 2.20 bits per heavy atom. The fourth-order valence-electron chi connectivity index (χ4n) is 1.60. The first kappa shape index (κ1) is 6.82. The topological polar surface area (TPSA) is 18.5 Å². The molecule has 0 radical (unpaired) electrons. The minimum absolute atomic E-state index is 0.473. The van der Waals surface area contributed by atoms with E-state index in [-0.39, 0.29) is 0 Å². The maximum Gasteiger partial charge on any atom is 0.338 e. The molecule has 0 aromatic carbocycles. The summed E-state index contributed by atoms with van der Waals surface area (Å²) in [5.74, 6) is 0. The lowest BCUT2D eigenvalue weighted by Crippen LogP contribution is -2.53. The summed E-state index contributed by atoms with van der Waals surface area (Å²) < 4.78 is 11.5. The molecule has 0 saturated carbocycles. The fraction of sp³-hybridized carbons (Fsp3) is 1.00. The molecule has 2 fully saturated rings. The zero-order valence-electron chi connectivity index (χ0n) is 6.43. The van der Waals surface area contributed by atoms with Crippen LogP contribution in [0.15, 0.2) is 0 Å². The molecule has 0 aromatic rings. The second-order valence-electron chi connectivity index (χ2n) is 3.33. The monoisotopic (exact) mass is 158 g/mol. The summed E-state index contributed by atoms with van der Waals surface area (Å²) in [6.45, 7) is 3.11. The highest BCUT2D eigenvalue weighted by molar-refractivity contribution is 6.70. The molecule has 58 valence electrons. The van der Waals surface area contributed by atoms with Crippen LogP contribution < -0.4 is 0 Å². The van der Waals surface area contributed by atoms with Gasteiger partial charge in [0.05, 0.1) is 0 Å². The maximum absolute atomic E-state index is 5.83. The largest absolute Gasteiger partial charge is 0.394 e. The van der Waals surface area contributed by atoms with Crippen molar-refractivity contribution in [3.63, 3.8) is 0 Å². The zero-order valence-corrected chi connectivity index (χ0v) is 7.43. The normalized spacial score (nSPS) is 37.5. The zero-order chi connectivity index (χ0) is 7.03. The van der Waals surface area contributed by atoms with Gasteiger partial charge in [0, 0.05) is 12.7 Å². The Morgan fingerprint density at radius 3 is 2.60 bits per heavy atom. The number of rotatable bonds is 0. The van der Waals surface area contributed by atoms with Crippen LogP contribution in [0, 0.1) is 0 Å². The van der Waals surface area contributed by atoms with Gasteiger partial charge in [-0.2, -0.15) is 0 Å². The molecular formula is C7H14O2Si. The molecule has 0 N–H and O–H groups in total. The van der Waals surface area contributed by atoms with E-state index in [1.54, 1.807) is 0 Å². The molecule has 0 aromatic heterocycles. The predicted molar refractivity (Wildman–Crippen MR) is 41.1 cm³/mol. The molecule has 2 aliphatic heterocycles. The molecule has 10 heavy (non-hydrogen) atoms. The lowest BCUT2D eigenvalue weighted by molar-refractivity contribution is 0.0470. The first-order chi connectivity index (χ1) is 4.81. The first-order valence-electron chi connectivity index (χ1n) is 4.13. The van der Waals surface area contributed by atoms with Crippen molar-refractivity contribution in [2.75, 3.05) is 6.61 Å². The summed E-state index contributed by atoms with van der Waals surface area (Å²) >= 11 is 0. The summed E-state index contributed by atoms with van der Waals surface area (Å²) in [5, 5.41) is 0. The van der Waals surface area contributed by atoms with Gasteiger partial charge in [-0.3, -0.25) is 0 Å². The van der Waals surface area contributed by atoms with Crippen molar-refractivity contribution in [2.45, 2.75) is 38.0 Å². The average molecular weight is 158 g/mol. The van der Waals surface area contributed by atoms with Gasteiger partial charge in [-0.05, 0) is 31.9 Å². The van der Waals surface area contributed by atoms with Crippen molar-refractivity contribution in [3.8, 4) is 0 Å². The van der Waals surface area contributed by atoms with Crippen LogP contribution in [0.25, 0.3) is 0 Å². The third-order valence-corrected chi connectivity index (χ3v) is 6.21. The van der Waals surface area contributed by atoms with Gasteiger partial charge in [-0.25, -0.2) is 0 Å². The van der Waals surface area contributed by atoms with E-state index in [1.165, 1.54) is 18.5 Å². The molecule has 1 atom stereocenters. The van der Waals surface area contributed by atoms with E-state index in [1.807, 2.05) is 0 Å². The lowest BCUT2D eigenvalue weighted by Gasteiger charge is -2.43. The highest BCUT2D eigenvalue weighted by Crippen LogP contribution is 2.37. The Morgan fingerprint density at radius 1 is 1.40 bits per heavy atom. The second-order valence-corrected chi connectivity index (χ2v) is 6.68. The lowest BCUT2D eigenvalue weighted by atomic mass is 10.3. The van der Waals surface area contributed by atoms with Gasteiger partial charge in [0.25, 0.3) is 0 Å². The van der Waals surface area contributed by atoms with Crippen molar-refractivity contribution in [1.29, 1.82) is 0 Å². The summed E-state index contributed by atoms with van der Waals surface area (Å²) in [5.41, 5.74) is 0. The molecule has 0 aliphatic carbocycles. The standard InChI is InChI=1S/C7H14O2Si/c1-7-3-4-8-10(9-7)5-2-6-10/h7H,2-6H2,1H3. The van der Waals surface area contributed by atoms with Crippen LogP contribution in [0.2, 0.25) is 12.1 Å². The van der Waals surface area contributed by atoms with E-state index in [4.69, 9.17) is 8.85 Å². The first-order valence-corrected chi connectivity index (χ1v) is 6.36. The smallest absolute Gasteiger partial charge is 0.338 e. The highest BCUT2D eigenvalue weighted by Gasteiger charge is 2.47. The van der Waals surface area contributed by atoms with Crippen LogP contribution in [-0.2, 0) is 8.85 Å². The van der Waals surface area contributed by atoms with Gasteiger partial charge in [-0.15, -0.1) is 0 Å². The summed E-state index contributed by atoms with van der Waals surface area (Å²) in [6.07, 6.45) is 2.90. The minimum atomic E-state index is -1.49. The Balaban J connectivity index is 1.96. The van der Waals surface area contributed by atoms with Gasteiger partial charge in [0.2, 0.25) is 0 Å². The third-order valence-electron chi connectivity index (χ3n) is 2.42. The Bertz CT molecular complexity index is 134. The maximum atomic E-state index is 5.83. The predicted octanol–water partition coefficient (Wildman–Crippen LogP) is 1.66. The van der Waals surface area contributed by atoms with Gasteiger partial charge >= 0.3 is 8.56 Å². The molecule has 1 unspecified atom stereocenters. The molecule has 2 heterocycles. The van der Waals surface area contributed by atoms with Gasteiger partial charge < -0.3 is 8.85 Å². The molecule has 2 nitrogen and oxygen atoms in total. The van der Waals surface area contributed by atoms with Crippen molar-refractivity contribution in [1.82, 2.24) is 0 Å². The Labute approximate surface area is 62.8 Å². The van der Waals surface area contributed by atoms with Crippen LogP contribution in [0.1, 0.15) is 19.8 Å². The van der Waals surface area contributed by atoms with E-state index in [2.05, 4.69) is 6.92 Å². The van der Waals surface area contributed by atoms with Gasteiger partial charge in [0.15, 0.2) is 0 Å². The van der Waals surface area contributed by atoms with E-state index in [0.29, 0.717) is 6.10 Å².